The maximum absolute atomic E-state index is 12.1. The Labute approximate surface area is 140 Å². The number of carbonyl (C=O) groups excluding carboxylic acids is 1. The van der Waals surface area contributed by atoms with E-state index >= 15 is 0 Å². The molecule has 6 heteroatoms. The van der Waals surface area contributed by atoms with Crippen molar-refractivity contribution in [3.05, 3.63) is 29.3 Å². The van der Waals surface area contributed by atoms with Crippen LogP contribution < -0.4 is 9.62 Å². The third kappa shape index (κ3) is 6.22. The maximum Gasteiger partial charge on any atom is 0.232 e. The summed E-state index contributed by atoms with van der Waals surface area (Å²) in [7, 11) is -3.38. The van der Waals surface area contributed by atoms with Crippen LogP contribution in [0.3, 0.4) is 0 Å². The summed E-state index contributed by atoms with van der Waals surface area (Å²) in [5, 5.41) is 2.85. The van der Waals surface area contributed by atoms with Crippen molar-refractivity contribution >= 4 is 21.6 Å². The van der Waals surface area contributed by atoms with E-state index in [4.69, 9.17) is 0 Å². The SMILES string of the molecule is Cc1cccc(N(CCCC(=O)NCC(C)C)S(C)(=O)=O)c1C. The van der Waals surface area contributed by atoms with Crippen molar-refractivity contribution in [1.29, 1.82) is 0 Å². The van der Waals surface area contributed by atoms with E-state index in [9.17, 15) is 13.2 Å². The van der Waals surface area contributed by atoms with E-state index in [-0.39, 0.29) is 5.91 Å². The molecule has 23 heavy (non-hydrogen) atoms. The number of benzene rings is 1. The molecule has 130 valence electrons. The van der Waals surface area contributed by atoms with Crippen molar-refractivity contribution in [3.63, 3.8) is 0 Å². The van der Waals surface area contributed by atoms with Gasteiger partial charge in [-0.15, -0.1) is 0 Å². The first-order chi connectivity index (χ1) is 10.6. The molecule has 5 nitrogen and oxygen atoms in total. The van der Waals surface area contributed by atoms with Crippen LogP contribution in [-0.2, 0) is 14.8 Å². The molecule has 0 saturated carbocycles. The van der Waals surface area contributed by atoms with Gasteiger partial charge in [-0.05, 0) is 43.4 Å². The highest BCUT2D eigenvalue weighted by molar-refractivity contribution is 7.92. The van der Waals surface area contributed by atoms with E-state index in [0.29, 0.717) is 37.5 Å². The average molecular weight is 340 g/mol. The molecular formula is C17H28N2O3S. The first kappa shape index (κ1) is 19.5. The maximum atomic E-state index is 12.1. The van der Waals surface area contributed by atoms with Crippen LogP contribution in [0.1, 0.15) is 37.8 Å². The number of rotatable bonds is 8. The molecule has 0 unspecified atom stereocenters. The molecule has 1 rings (SSSR count). The molecule has 1 N–H and O–H groups in total. The summed E-state index contributed by atoms with van der Waals surface area (Å²) in [4.78, 5) is 11.8. The van der Waals surface area contributed by atoms with E-state index in [1.165, 1.54) is 10.6 Å². The molecule has 1 aromatic carbocycles. The fourth-order valence-corrected chi connectivity index (χ4v) is 3.28. The number of nitrogens with one attached hydrogen (secondary N) is 1. The average Bonchev–Trinajstić information content (AvgIpc) is 2.43. The molecule has 1 amide bonds. The Morgan fingerprint density at radius 3 is 2.48 bits per heavy atom. The zero-order valence-electron chi connectivity index (χ0n) is 14.7. The number of carbonyl (C=O) groups is 1. The molecular weight excluding hydrogens is 312 g/mol. The molecule has 0 spiro atoms. The van der Waals surface area contributed by atoms with Crippen LogP contribution in [0.15, 0.2) is 18.2 Å². The summed E-state index contributed by atoms with van der Waals surface area (Å²) in [5.41, 5.74) is 2.68. The van der Waals surface area contributed by atoms with E-state index in [0.717, 1.165) is 11.1 Å². The van der Waals surface area contributed by atoms with Gasteiger partial charge in [-0.3, -0.25) is 9.10 Å². The van der Waals surface area contributed by atoms with Crippen LogP contribution in [0, 0.1) is 19.8 Å². The topological polar surface area (TPSA) is 66.5 Å². The quantitative estimate of drug-likeness (QED) is 0.791. The molecule has 0 fully saturated rings. The van der Waals surface area contributed by atoms with Crippen molar-refractivity contribution in [2.45, 2.75) is 40.5 Å². The van der Waals surface area contributed by atoms with Gasteiger partial charge in [0.25, 0.3) is 0 Å². The normalized spacial score (nSPS) is 11.6. The highest BCUT2D eigenvalue weighted by atomic mass is 32.2. The van der Waals surface area contributed by atoms with E-state index in [1.807, 2.05) is 45.9 Å². The predicted molar refractivity (Wildman–Crippen MR) is 95.2 cm³/mol. The van der Waals surface area contributed by atoms with Crippen LogP contribution in [0.2, 0.25) is 0 Å². The van der Waals surface area contributed by atoms with Crippen molar-refractivity contribution in [3.8, 4) is 0 Å². The van der Waals surface area contributed by atoms with Gasteiger partial charge >= 0.3 is 0 Å². The number of hydrogen-bond donors (Lipinski definition) is 1. The second-order valence-electron chi connectivity index (χ2n) is 6.36. The summed E-state index contributed by atoms with van der Waals surface area (Å²) < 4.78 is 25.6. The van der Waals surface area contributed by atoms with Crippen molar-refractivity contribution in [1.82, 2.24) is 5.32 Å². The van der Waals surface area contributed by atoms with Crippen LogP contribution >= 0.6 is 0 Å². The van der Waals surface area contributed by atoms with Gasteiger partial charge in [0.05, 0.1) is 11.9 Å². The van der Waals surface area contributed by atoms with Crippen LogP contribution in [0.25, 0.3) is 0 Å². The van der Waals surface area contributed by atoms with E-state index in [2.05, 4.69) is 5.32 Å². The highest BCUT2D eigenvalue weighted by Crippen LogP contribution is 2.25. The van der Waals surface area contributed by atoms with Gasteiger partial charge in [-0.25, -0.2) is 8.42 Å². The summed E-state index contributed by atoms with van der Waals surface area (Å²) in [6.45, 7) is 8.89. The molecule has 0 saturated heterocycles. The van der Waals surface area contributed by atoms with Gasteiger partial charge in [0.1, 0.15) is 0 Å². The van der Waals surface area contributed by atoms with Gasteiger partial charge in [-0.1, -0.05) is 26.0 Å². The van der Waals surface area contributed by atoms with Crippen LogP contribution in [0.4, 0.5) is 5.69 Å². The Morgan fingerprint density at radius 1 is 1.26 bits per heavy atom. The minimum atomic E-state index is -3.38. The first-order valence-electron chi connectivity index (χ1n) is 7.93. The number of anilines is 1. The molecule has 0 aliphatic rings. The summed E-state index contributed by atoms with van der Waals surface area (Å²) >= 11 is 0. The fraction of sp³-hybridized carbons (Fsp3) is 0.588. The minimum absolute atomic E-state index is 0.0342. The van der Waals surface area contributed by atoms with Gasteiger partial charge in [0.15, 0.2) is 0 Å². The Kier molecular flexibility index (Phi) is 7.06. The van der Waals surface area contributed by atoms with Gasteiger partial charge in [-0.2, -0.15) is 0 Å². The van der Waals surface area contributed by atoms with Gasteiger partial charge in [0.2, 0.25) is 15.9 Å². The molecule has 0 bridgehead atoms. The second-order valence-corrected chi connectivity index (χ2v) is 8.26. The van der Waals surface area contributed by atoms with E-state index in [1.54, 1.807) is 0 Å². The molecule has 0 heterocycles. The van der Waals surface area contributed by atoms with Crippen LogP contribution in [-0.4, -0.2) is 33.7 Å². The molecule has 0 aromatic heterocycles. The Hall–Kier alpha value is -1.56. The zero-order valence-corrected chi connectivity index (χ0v) is 15.5. The van der Waals surface area contributed by atoms with Crippen molar-refractivity contribution in [2.24, 2.45) is 5.92 Å². The lowest BCUT2D eigenvalue weighted by molar-refractivity contribution is -0.121. The number of aryl methyl sites for hydroxylation is 1. The monoisotopic (exact) mass is 340 g/mol. The molecule has 0 radical (unpaired) electrons. The largest absolute Gasteiger partial charge is 0.356 e. The summed E-state index contributed by atoms with van der Waals surface area (Å²) in [6.07, 6.45) is 2.02. The molecule has 0 aliphatic heterocycles. The minimum Gasteiger partial charge on any atom is -0.356 e. The first-order valence-corrected chi connectivity index (χ1v) is 9.78. The second kappa shape index (κ2) is 8.34. The third-order valence-electron chi connectivity index (χ3n) is 3.72. The lowest BCUT2D eigenvalue weighted by Gasteiger charge is -2.25. The van der Waals surface area contributed by atoms with Crippen molar-refractivity contribution in [2.75, 3.05) is 23.7 Å². The smallest absolute Gasteiger partial charge is 0.232 e. The van der Waals surface area contributed by atoms with Gasteiger partial charge in [0, 0.05) is 19.5 Å². The summed E-state index contributed by atoms with van der Waals surface area (Å²) in [6, 6.07) is 5.62. The summed E-state index contributed by atoms with van der Waals surface area (Å²) in [5.74, 6) is 0.370. The highest BCUT2D eigenvalue weighted by Gasteiger charge is 2.19. The third-order valence-corrected chi connectivity index (χ3v) is 4.90. The Morgan fingerprint density at radius 2 is 1.91 bits per heavy atom. The Balaban J connectivity index is 2.75. The number of amides is 1. The molecule has 0 atom stereocenters. The lowest BCUT2D eigenvalue weighted by Crippen LogP contribution is -2.33. The van der Waals surface area contributed by atoms with E-state index < -0.39 is 10.0 Å². The Bertz CT molecular complexity index is 639. The predicted octanol–water partition coefficient (Wildman–Crippen LogP) is 2.62. The van der Waals surface area contributed by atoms with Crippen molar-refractivity contribution < 1.29 is 13.2 Å². The standard InChI is InChI=1S/C17H28N2O3S/c1-13(2)12-18-17(20)10-7-11-19(23(5,21)22)16-9-6-8-14(3)15(16)4/h6,8-9,13H,7,10-12H2,1-5H3,(H,18,20). The molecule has 0 aliphatic carbocycles. The van der Waals surface area contributed by atoms with Gasteiger partial charge < -0.3 is 5.32 Å². The van der Waals surface area contributed by atoms with Crippen LogP contribution in [0.5, 0.6) is 0 Å². The number of nitrogens with zero attached hydrogens (tertiary/aromatic N) is 1. The fourth-order valence-electron chi connectivity index (χ4n) is 2.26. The lowest BCUT2D eigenvalue weighted by atomic mass is 10.1. The zero-order chi connectivity index (χ0) is 17.6. The number of hydrogen-bond acceptors (Lipinski definition) is 3. The molecule has 1 aromatic rings. The number of sulfonamides is 1.